The van der Waals surface area contributed by atoms with Gasteiger partial charge in [0.05, 0.1) is 28.7 Å². The number of rotatable bonds is 6. The van der Waals surface area contributed by atoms with Crippen LogP contribution in [-0.2, 0) is 23.7 Å². The number of nitrogens with one attached hydrogen (secondary N) is 1. The highest BCUT2D eigenvalue weighted by molar-refractivity contribution is 6.02. The summed E-state index contributed by atoms with van der Waals surface area (Å²) in [4.78, 5) is 15.8. The van der Waals surface area contributed by atoms with Crippen molar-refractivity contribution in [2.75, 3.05) is 5.32 Å². The van der Waals surface area contributed by atoms with Crippen molar-refractivity contribution in [3.8, 4) is 0 Å². The number of aliphatic hydroxyl groups is 1. The van der Waals surface area contributed by atoms with Crippen molar-refractivity contribution in [2.45, 2.75) is 25.8 Å². The van der Waals surface area contributed by atoms with Crippen LogP contribution in [0.4, 0.5) is 32.0 Å². The number of carbonyl (C=O) groups excluding carboxylic acids is 1. The SMILES string of the molecule is C/C=C\C(=O)/C(O)=C\Nc1cccc2c1ncn2Cc1ccc(C(F)(F)F)cc1C(F)(F)F. The van der Waals surface area contributed by atoms with Gasteiger partial charge in [-0.05, 0) is 42.8 Å². The molecule has 1 heterocycles. The van der Waals surface area contributed by atoms with Gasteiger partial charge in [-0.1, -0.05) is 18.2 Å². The minimum atomic E-state index is -4.98. The predicted molar refractivity (Wildman–Crippen MR) is 109 cm³/mol. The van der Waals surface area contributed by atoms with Crippen LogP contribution in [0.5, 0.6) is 0 Å². The molecule has 0 aliphatic heterocycles. The lowest BCUT2D eigenvalue weighted by molar-refractivity contribution is -0.143. The molecule has 0 unspecified atom stereocenters. The van der Waals surface area contributed by atoms with E-state index in [4.69, 9.17) is 0 Å². The average molecular weight is 469 g/mol. The number of carbonyl (C=O) groups is 1. The molecule has 1 aromatic heterocycles. The van der Waals surface area contributed by atoms with Crippen molar-refractivity contribution in [3.05, 3.63) is 83.5 Å². The highest BCUT2D eigenvalue weighted by Gasteiger charge is 2.38. The quantitative estimate of drug-likeness (QED) is 0.261. The lowest BCUT2D eigenvalue weighted by atomic mass is 10.0. The van der Waals surface area contributed by atoms with E-state index in [-0.39, 0.29) is 18.2 Å². The van der Waals surface area contributed by atoms with Crippen LogP contribution in [-0.4, -0.2) is 20.4 Å². The first-order chi connectivity index (χ1) is 15.4. The van der Waals surface area contributed by atoms with Gasteiger partial charge in [-0.2, -0.15) is 26.3 Å². The van der Waals surface area contributed by atoms with Crippen molar-refractivity contribution in [2.24, 2.45) is 0 Å². The summed E-state index contributed by atoms with van der Waals surface area (Å²) in [6, 6.07) is 6.21. The Morgan fingerprint density at radius 2 is 1.85 bits per heavy atom. The number of fused-ring (bicyclic) bond motifs is 1. The Bertz CT molecular complexity index is 1240. The summed E-state index contributed by atoms with van der Waals surface area (Å²) < 4.78 is 80.4. The number of allylic oxidation sites excluding steroid dienone is 2. The monoisotopic (exact) mass is 469 g/mol. The number of hydrogen-bond donors (Lipinski definition) is 2. The first-order valence-corrected chi connectivity index (χ1v) is 9.45. The molecular weight excluding hydrogens is 452 g/mol. The van der Waals surface area contributed by atoms with E-state index < -0.39 is 35.0 Å². The zero-order chi connectivity index (χ0) is 24.4. The van der Waals surface area contributed by atoms with E-state index in [9.17, 15) is 36.2 Å². The van der Waals surface area contributed by atoms with Crippen molar-refractivity contribution in [1.29, 1.82) is 0 Å². The van der Waals surface area contributed by atoms with Gasteiger partial charge in [0.2, 0.25) is 5.78 Å². The molecule has 0 spiro atoms. The van der Waals surface area contributed by atoms with Gasteiger partial charge in [-0.3, -0.25) is 4.79 Å². The second-order valence-electron chi connectivity index (χ2n) is 6.95. The molecule has 2 N–H and O–H groups in total. The molecule has 33 heavy (non-hydrogen) atoms. The maximum absolute atomic E-state index is 13.5. The first-order valence-electron chi connectivity index (χ1n) is 9.45. The zero-order valence-corrected chi connectivity index (χ0v) is 17.0. The number of ketones is 1. The second-order valence-corrected chi connectivity index (χ2v) is 6.95. The fourth-order valence-electron chi connectivity index (χ4n) is 3.12. The third-order valence-electron chi connectivity index (χ3n) is 4.67. The van der Waals surface area contributed by atoms with E-state index in [1.807, 2.05) is 0 Å². The lowest BCUT2D eigenvalue weighted by Gasteiger charge is -2.16. The molecule has 3 aromatic rings. The first kappa shape index (κ1) is 23.9. The molecule has 0 aliphatic rings. The number of benzene rings is 2. The number of nitrogens with zero attached hydrogens (tertiary/aromatic N) is 2. The number of para-hydroxylation sites is 1. The van der Waals surface area contributed by atoms with Crippen LogP contribution >= 0.6 is 0 Å². The fraction of sp³-hybridized carbons (Fsp3) is 0.182. The van der Waals surface area contributed by atoms with Crippen LogP contribution in [0.25, 0.3) is 11.0 Å². The molecule has 0 bridgehead atoms. The Labute approximate surface area is 183 Å². The van der Waals surface area contributed by atoms with Gasteiger partial charge in [0.15, 0.2) is 5.76 Å². The van der Waals surface area contributed by atoms with Crippen LogP contribution in [0.2, 0.25) is 0 Å². The molecule has 11 heteroatoms. The Morgan fingerprint density at radius 3 is 2.48 bits per heavy atom. The smallest absolute Gasteiger partial charge is 0.416 e. The number of aliphatic hydroxyl groups excluding tert-OH is 1. The van der Waals surface area contributed by atoms with E-state index >= 15 is 0 Å². The van der Waals surface area contributed by atoms with Crippen LogP contribution in [0.1, 0.15) is 23.6 Å². The van der Waals surface area contributed by atoms with Crippen molar-refractivity contribution < 1.29 is 36.2 Å². The summed E-state index contributed by atoms with van der Waals surface area (Å²) in [5, 5.41) is 12.5. The van der Waals surface area contributed by atoms with Crippen LogP contribution < -0.4 is 5.32 Å². The Kier molecular flexibility index (Phi) is 6.52. The van der Waals surface area contributed by atoms with Gasteiger partial charge in [0.1, 0.15) is 5.52 Å². The molecule has 0 saturated heterocycles. The number of imidazole rings is 1. The van der Waals surface area contributed by atoms with Gasteiger partial charge in [0.25, 0.3) is 0 Å². The highest BCUT2D eigenvalue weighted by Crippen LogP contribution is 2.38. The molecule has 0 saturated carbocycles. The lowest BCUT2D eigenvalue weighted by Crippen LogP contribution is -2.15. The molecule has 2 aromatic carbocycles. The zero-order valence-electron chi connectivity index (χ0n) is 17.0. The highest BCUT2D eigenvalue weighted by atomic mass is 19.4. The molecule has 3 rings (SSSR count). The summed E-state index contributed by atoms with van der Waals surface area (Å²) in [7, 11) is 0. The number of halogens is 6. The van der Waals surface area contributed by atoms with E-state index in [0.717, 1.165) is 18.3 Å². The standard InChI is InChI=1S/C22H17F6N3O2/c1-2-4-18(32)19(33)10-29-16-5-3-6-17-20(16)30-12-31(17)11-13-7-8-14(21(23,24)25)9-15(13)22(26,27)28/h2-10,12,29,33H,11H2,1H3/b4-2-,19-10+. The van der Waals surface area contributed by atoms with Crippen molar-refractivity contribution >= 4 is 22.5 Å². The Balaban J connectivity index is 1.97. The van der Waals surface area contributed by atoms with Gasteiger partial charge in [-0.25, -0.2) is 4.98 Å². The van der Waals surface area contributed by atoms with Crippen molar-refractivity contribution in [3.63, 3.8) is 0 Å². The van der Waals surface area contributed by atoms with Crippen molar-refractivity contribution in [1.82, 2.24) is 9.55 Å². The van der Waals surface area contributed by atoms with Crippen LogP contribution in [0.3, 0.4) is 0 Å². The average Bonchev–Trinajstić information content (AvgIpc) is 3.14. The normalized spacial score (nSPS) is 13.1. The van der Waals surface area contributed by atoms with E-state index in [2.05, 4.69) is 10.3 Å². The summed E-state index contributed by atoms with van der Waals surface area (Å²) in [6.45, 7) is 1.22. The third kappa shape index (κ3) is 5.36. The minimum absolute atomic E-state index is 0.0940. The predicted octanol–water partition coefficient (Wildman–Crippen LogP) is 6.08. The summed E-state index contributed by atoms with van der Waals surface area (Å²) >= 11 is 0. The number of aromatic nitrogens is 2. The molecule has 0 fully saturated rings. The molecule has 0 radical (unpaired) electrons. The molecule has 174 valence electrons. The summed E-state index contributed by atoms with van der Waals surface area (Å²) in [5.41, 5.74) is -2.07. The molecule has 0 atom stereocenters. The Hall–Kier alpha value is -3.76. The second kappa shape index (κ2) is 9.00. The molecule has 5 nitrogen and oxygen atoms in total. The van der Waals surface area contributed by atoms with Crippen LogP contribution in [0, 0.1) is 0 Å². The van der Waals surface area contributed by atoms with E-state index in [1.165, 1.54) is 17.0 Å². The third-order valence-corrected chi connectivity index (χ3v) is 4.67. The number of hydrogen-bond acceptors (Lipinski definition) is 4. The molecule has 0 aliphatic carbocycles. The van der Waals surface area contributed by atoms with E-state index in [0.29, 0.717) is 22.8 Å². The summed E-state index contributed by atoms with van der Waals surface area (Å²) in [5.74, 6) is -1.20. The van der Waals surface area contributed by atoms with Gasteiger partial charge in [-0.15, -0.1) is 0 Å². The number of alkyl halides is 6. The van der Waals surface area contributed by atoms with Gasteiger partial charge < -0.3 is 15.0 Å². The minimum Gasteiger partial charge on any atom is -0.503 e. The molecule has 0 amide bonds. The number of anilines is 1. The largest absolute Gasteiger partial charge is 0.503 e. The maximum Gasteiger partial charge on any atom is 0.416 e. The fourth-order valence-corrected chi connectivity index (χ4v) is 3.12. The summed E-state index contributed by atoms with van der Waals surface area (Å²) in [6.07, 6.45) is -4.98. The van der Waals surface area contributed by atoms with E-state index in [1.54, 1.807) is 25.1 Å². The van der Waals surface area contributed by atoms with Crippen LogP contribution in [0.15, 0.2) is 66.8 Å². The van der Waals surface area contributed by atoms with Gasteiger partial charge in [0, 0.05) is 12.7 Å². The topological polar surface area (TPSA) is 67.2 Å². The molecular formula is C22H17F6N3O2. The Morgan fingerprint density at radius 1 is 1.12 bits per heavy atom. The van der Waals surface area contributed by atoms with Gasteiger partial charge >= 0.3 is 12.4 Å². The maximum atomic E-state index is 13.5.